The van der Waals surface area contributed by atoms with Crippen molar-refractivity contribution in [2.24, 2.45) is 5.92 Å². The Labute approximate surface area is 345 Å². The van der Waals surface area contributed by atoms with Crippen LogP contribution in [0.5, 0.6) is 0 Å². The van der Waals surface area contributed by atoms with E-state index < -0.39 is 33.9 Å². The maximum atomic E-state index is 13.8. The normalized spacial score (nSPS) is 21.6. The molecule has 0 spiro atoms. The van der Waals surface area contributed by atoms with Gasteiger partial charge in [-0.15, -0.1) is 0 Å². The summed E-state index contributed by atoms with van der Waals surface area (Å²) < 4.78 is 42.8. The van der Waals surface area contributed by atoms with Crippen LogP contribution in [0, 0.1) is 12.8 Å². The third-order valence-corrected chi connectivity index (χ3v) is 13.0. The van der Waals surface area contributed by atoms with Gasteiger partial charge < -0.3 is 29.9 Å². The Kier molecular flexibility index (Phi) is 13.1. The van der Waals surface area contributed by atoms with E-state index in [1.807, 2.05) is 97.9 Å². The second kappa shape index (κ2) is 18.2. The molecule has 0 aliphatic carbocycles. The van der Waals surface area contributed by atoms with Crippen LogP contribution < -0.4 is 10.0 Å². The lowest BCUT2D eigenvalue weighted by molar-refractivity contribution is -0.277. The number of ether oxygens (including phenoxy) is 2. The first kappa shape index (κ1) is 41.7. The van der Waals surface area contributed by atoms with Gasteiger partial charge in [0, 0.05) is 41.8 Å². The van der Waals surface area contributed by atoms with E-state index in [9.17, 15) is 23.4 Å². The molecule has 4 N–H and O–H groups in total. The molecule has 2 heterocycles. The number of hydrogen-bond donors (Lipinski definition) is 4. The van der Waals surface area contributed by atoms with Crippen LogP contribution in [0.4, 0.5) is 5.69 Å². The van der Waals surface area contributed by atoms with Crippen molar-refractivity contribution >= 4 is 33.2 Å². The maximum Gasteiger partial charge on any atom is 0.242 e. The van der Waals surface area contributed by atoms with Crippen molar-refractivity contribution in [3.63, 3.8) is 0 Å². The molecular weight excluding hydrogens is 774 g/mol. The van der Waals surface area contributed by atoms with Gasteiger partial charge in [0.25, 0.3) is 0 Å². The number of nitrogens with one attached hydrogen (secondary N) is 2. The third-order valence-electron chi connectivity index (χ3n) is 11.3. The van der Waals surface area contributed by atoms with Gasteiger partial charge in [-0.3, -0.25) is 4.79 Å². The topological polar surface area (TPSA) is 137 Å². The van der Waals surface area contributed by atoms with Crippen molar-refractivity contribution in [1.82, 2.24) is 9.62 Å². The number of amides is 1. The van der Waals surface area contributed by atoms with E-state index in [-0.39, 0.29) is 36.0 Å². The fraction of sp³-hybridized carbons (Fsp3) is 0.326. The molecule has 2 fully saturated rings. The Morgan fingerprint density at radius 3 is 2.12 bits per heavy atom. The van der Waals surface area contributed by atoms with Crippen LogP contribution in [0.2, 0.25) is 5.02 Å². The minimum Gasteiger partial charge on any atom is -0.392 e. The van der Waals surface area contributed by atoms with Crippen LogP contribution in [0.1, 0.15) is 65.5 Å². The summed E-state index contributed by atoms with van der Waals surface area (Å²) in [6.07, 6.45) is 0.0475. The van der Waals surface area contributed by atoms with Gasteiger partial charge in [0.05, 0.1) is 29.3 Å². The quantitative estimate of drug-likeness (QED) is 0.0962. The number of aliphatic hydroxyl groups is 2. The lowest BCUT2D eigenvalue weighted by Gasteiger charge is -2.45. The Morgan fingerprint density at radius 1 is 0.845 bits per heavy atom. The van der Waals surface area contributed by atoms with E-state index in [2.05, 4.69) is 21.9 Å². The van der Waals surface area contributed by atoms with E-state index >= 15 is 0 Å². The smallest absolute Gasteiger partial charge is 0.242 e. The second-order valence-electron chi connectivity index (χ2n) is 15.4. The van der Waals surface area contributed by atoms with Gasteiger partial charge in [0.1, 0.15) is 6.04 Å². The van der Waals surface area contributed by atoms with Crippen LogP contribution in [-0.4, -0.2) is 61.2 Å². The molecule has 5 aromatic rings. The number of halogens is 1. The zero-order valence-electron chi connectivity index (χ0n) is 32.6. The maximum absolute atomic E-state index is 13.8. The number of sulfonamides is 1. The Hall–Kier alpha value is -4.43. The summed E-state index contributed by atoms with van der Waals surface area (Å²) in [5, 5.41) is 24.7. The van der Waals surface area contributed by atoms with Gasteiger partial charge in [0.2, 0.25) is 15.9 Å². The Balaban J connectivity index is 1.07. The zero-order chi connectivity index (χ0) is 40.9. The predicted octanol–water partition coefficient (Wildman–Crippen LogP) is 7.44. The molecule has 0 saturated carbocycles. The molecule has 2 aliphatic rings. The van der Waals surface area contributed by atoms with Crippen molar-refractivity contribution in [3.8, 4) is 0 Å². The lowest BCUT2D eigenvalue weighted by Crippen LogP contribution is -2.49. The molecule has 10 nitrogen and oxygen atoms in total. The third kappa shape index (κ3) is 10.0. The second-order valence-corrected chi connectivity index (χ2v) is 17.6. The van der Waals surface area contributed by atoms with Crippen molar-refractivity contribution in [1.29, 1.82) is 0 Å². The number of carbonyl (C=O) groups is 1. The average Bonchev–Trinajstić information content (AvgIpc) is 3.23. The highest BCUT2D eigenvalue weighted by Gasteiger charge is 2.41. The molecule has 5 atom stereocenters. The van der Waals surface area contributed by atoms with Gasteiger partial charge in [-0.2, -0.15) is 4.72 Å². The van der Waals surface area contributed by atoms with Crippen molar-refractivity contribution in [2.75, 3.05) is 25.0 Å². The number of aliphatic hydroxyl groups excluding tert-OH is 1. The minimum absolute atomic E-state index is 0.0305. The lowest BCUT2D eigenvalue weighted by atomic mass is 9.84. The molecule has 0 unspecified atom stereocenters. The number of hydrogen-bond acceptors (Lipinski definition) is 8. The molecule has 5 aromatic carbocycles. The SMILES string of the molecule is Cc1ccc(S(=O)(=O)N[C@H](Cc2ccccc2)C(=O)Nc2ccc([C@@H]3O[C@H](CN4CCC(O)(c5ccc(Cl)cc5)CC4)[C@H](C)[C@H](c4ccc(CO)cc4)O3)cc2)cc1. The van der Waals surface area contributed by atoms with Crippen LogP contribution in [0.25, 0.3) is 0 Å². The summed E-state index contributed by atoms with van der Waals surface area (Å²) in [5.74, 6) is -0.528. The van der Waals surface area contributed by atoms with Gasteiger partial charge in [-0.25, -0.2) is 8.42 Å². The fourth-order valence-corrected chi connectivity index (χ4v) is 9.02. The summed E-state index contributed by atoms with van der Waals surface area (Å²) in [5.41, 5.74) is 4.70. The first-order valence-electron chi connectivity index (χ1n) is 19.6. The summed E-state index contributed by atoms with van der Waals surface area (Å²) in [4.78, 5) is 16.2. The molecule has 1 amide bonds. The van der Waals surface area contributed by atoms with Crippen LogP contribution in [0.3, 0.4) is 0 Å². The summed E-state index contributed by atoms with van der Waals surface area (Å²) in [6, 6.07) is 37.1. The predicted molar refractivity (Wildman–Crippen MR) is 224 cm³/mol. The Bertz CT molecular complexity index is 2230. The van der Waals surface area contributed by atoms with E-state index in [4.69, 9.17) is 21.1 Å². The summed E-state index contributed by atoms with van der Waals surface area (Å²) in [7, 11) is -4.00. The molecule has 12 heteroatoms. The molecular formula is C46H50ClN3O7S. The summed E-state index contributed by atoms with van der Waals surface area (Å²) in [6.45, 7) is 5.96. The highest BCUT2D eigenvalue weighted by molar-refractivity contribution is 7.89. The number of benzene rings is 5. The number of carbonyl (C=O) groups excluding carboxylic acids is 1. The molecule has 0 bridgehead atoms. The number of aryl methyl sites for hydroxylation is 1. The minimum atomic E-state index is -4.00. The molecule has 58 heavy (non-hydrogen) atoms. The molecule has 0 radical (unpaired) electrons. The number of anilines is 1. The standard InChI is InChI=1S/C46H50ClN3O7S/c1-31-8-22-40(23-9-31)58(54,55)49-41(28-33-6-4-3-5-7-33)44(52)48-39-20-14-36(15-21-39)45-56-42(32(2)43(57-45)35-12-10-34(30-51)11-13-35)29-50-26-24-46(53,25-27-50)37-16-18-38(47)19-17-37/h3-23,32,41-43,45,49,51,53H,24-30H2,1-2H3,(H,48,52)/t32-,41+,42+,43+,45+/m0/s1. The first-order chi connectivity index (χ1) is 27.9. The Morgan fingerprint density at radius 2 is 1.48 bits per heavy atom. The van der Waals surface area contributed by atoms with Crippen LogP contribution >= 0.6 is 11.6 Å². The molecule has 7 rings (SSSR count). The highest BCUT2D eigenvalue weighted by atomic mass is 35.5. The van der Waals surface area contributed by atoms with E-state index in [1.54, 1.807) is 24.3 Å². The fourth-order valence-electron chi connectivity index (χ4n) is 7.70. The number of likely N-dealkylation sites (tertiary alicyclic amines) is 1. The van der Waals surface area contributed by atoms with Crippen molar-refractivity contribution in [2.45, 2.75) is 74.8 Å². The number of rotatable bonds is 13. The molecule has 2 aliphatic heterocycles. The largest absolute Gasteiger partial charge is 0.392 e. The van der Waals surface area contributed by atoms with Gasteiger partial charge in [0.15, 0.2) is 6.29 Å². The highest BCUT2D eigenvalue weighted by Crippen LogP contribution is 2.43. The zero-order valence-corrected chi connectivity index (χ0v) is 34.2. The van der Waals surface area contributed by atoms with Gasteiger partial charge >= 0.3 is 0 Å². The van der Waals surface area contributed by atoms with Crippen molar-refractivity contribution in [3.05, 3.63) is 166 Å². The van der Waals surface area contributed by atoms with Gasteiger partial charge in [-0.05, 0) is 84.8 Å². The monoisotopic (exact) mass is 823 g/mol. The van der Waals surface area contributed by atoms with Crippen LogP contribution in [0.15, 0.2) is 132 Å². The summed E-state index contributed by atoms with van der Waals surface area (Å²) >= 11 is 6.11. The molecule has 304 valence electrons. The molecule has 2 saturated heterocycles. The average molecular weight is 824 g/mol. The van der Waals surface area contributed by atoms with E-state index in [0.717, 1.165) is 33.4 Å². The first-order valence-corrected chi connectivity index (χ1v) is 21.5. The van der Waals surface area contributed by atoms with Crippen LogP contribution in [-0.2, 0) is 42.9 Å². The molecule has 0 aromatic heterocycles. The number of nitrogens with zero attached hydrogens (tertiary/aromatic N) is 1. The van der Waals surface area contributed by atoms with Crippen molar-refractivity contribution < 1.29 is 32.9 Å². The number of piperidine rings is 1. The van der Waals surface area contributed by atoms with E-state index in [0.29, 0.717) is 43.2 Å². The van der Waals surface area contributed by atoms with E-state index in [1.165, 1.54) is 12.1 Å². The van der Waals surface area contributed by atoms with Gasteiger partial charge in [-0.1, -0.05) is 115 Å².